The monoisotopic (exact) mass is 290 g/mol. The van der Waals surface area contributed by atoms with Crippen molar-refractivity contribution in [3.8, 4) is 0 Å². The number of rotatable bonds is 5. The van der Waals surface area contributed by atoms with E-state index in [1.807, 2.05) is 11.0 Å². The van der Waals surface area contributed by atoms with Gasteiger partial charge in [0.2, 0.25) is 5.91 Å². The molecule has 5 heteroatoms. The van der Waals surface area contributed by atoms with E-state index in [2.05, 4.69) is 5.32 Å². The number of nitrogens with zero attached hydrogens (tertiary/aromatic N) is 1. The highest BCUT2D eigenvalue weighted by atomic mass is 16.4. The zero-order valence-electron chi connectivity index (χ0n) is 12.3. The molecule has 2 atom stereocenters. The first kappa shape index (κ1) is 15.5. The van der Waals surface area contributed by atoms with Crippen molar-refractivity contribution in [1.29, 1.82) is 0 Å². The number of hydrogen-bond donors (Lipinski definition) is 2. The van der Waals surface area contributed by atoms with Crippen molar-refractivity contribution in [2.75, 3.05) is 13.1 Å². The number of hydrogen-bond acceptors (Lipinski definition) is 3. The van der Waals surface area contributed by atoms with Crippen LogP contribution in [-0.4, -0.2) is 41.0 Å². The molecule has 2 unspecified atom stereocenters. The summed E-state index contributed by atoms with van der Waals surface area (Å²) in [7, 11) is 0. The second kappa shape index (κ2) is 7.22. The third-order valence-corrected chi connectivity index (χ3v) is 3.83. The van der Waals surface area contributed by atoms with Crippen LogP contribution in [0.4, 0.5) is 0 Å². The molecule has 1 aliphatic rings. The summed E-state index contributed by atoms with van der Waals surface area (Å²) in [5.74, 6) is -0.989. The van der Waals surface area contributed by atoms with Gasteiger partial charge in [0.25, 0.3) is 0 Å². The lowest BCUT2D eigenvalue weighted by molar-refractivity contribution is -0.140. The molecule has 0 bridgehead atoms. The zero-order valence-corrected chi connectivity index (χ0v) is 12.3. The van der Waals surface area contributed by atoms with Crippen molar-refractivity contribution in [2.45, 2.75) is 38.3 Å². The van der Waals surface area contributed by atoms with E-state index in [1.54, 1.807) is 31.2 Å². The van der Waals surface area contributed by atoms with E-state index in [9.17, 15) is 14.7 Å². The van der Waals surface area contributed by atoms with Crippen LogP contribution in [0.3, 0.4) is 0 Å². The zero-order chi connectivity index (χ0) is 15.2. The van der Waals surface area contributed by atoms with Crippen LogP contribution >= 0.6 is 0 Å². The Morgan fingerprint density at radius 2 is 1.76 bits per heavy atom. The van der Waals surface area contributed by atoms with E-state index in [4.69, 9.17) is 0 Å². The Kier molecular flexibility index (Phi) is 5.33. The van der Waals surface area contributed by atoms with Crippen LogP contribution in [-0.2, 0) is 9.59 Å². The number of carbonyl (C=O) groups is 2. The predicted octanol–water partition coefficient (Wildman–Crippen LogP) is 1.80. The van der Waals surface area contributed by atoms with E-state index in [-0.39, 0.29) is 5.91 Å². The van der Waals surface area contributed by atoms with Gasteiger partial charge in [-0.15, -0.1) is 0 Å². The highest BCUT2D eigenvalue weighted by Crippen LogP contribution is 2.15. The average Bonchev–Trinajstić information content (AvgIpc) is 2.53. The maximum atomic E-state index is 12.4. The van der Waals surface area contributed by atoms with Crippen LogP contribution in [0.5, 0.6) is 0 Å². The minimum absolute atomic E-state index is 0.0168. The summed E-state index contributed by atoms with van der Waals surface area (Å²) < 4.78 is 0. The molecule has 114 valence electrons. The molecular weight excluding hydrogens is 268 g/mol. The van der Waals surface area contributed by atoms with Gasteiger partial charge in [0.15, 0.2) is 0 Å². The number of carboxylic acids is 1. The molecule has 1 saturated heterocycles. The maximum absolute atomic E-state index is 12.4. The Hall–Kier alpha value is -1.88. The number of carboxylic acid groups (broad SMARTS) is 1. The molecule has 0 aliphatic carbocycles. The first-order valence-electron chi connectivity index (χ1n) is 7.42. The lowest BCUT2D eigenvalue weighted by Gasteiger charge is -2.30. The second-order valence-electron chi connectivity index (χ2n) is 5.46. The van der Waals surface area contributed by atoms with E-state index in [0.29, 0.717) is 5.56 Å². The largest absolute Gasteiger partial charge is 0.480 e. The SMILES string of the molecule is CC(NC(C(=O)O)c1ccccc1)C(=O)N1CCCCC1. The number of piperidine rings is 1. The van der Waals surface area contributed by atoms with Crippen LogP contribution in [0.25, 0.3) is 0 Å². The van der Waals surface area contributed by atoms with Gasteiger partial charge in [-0.2, -0.15) is 0 Å². The van der Waals surface area contributed by atoms with Gasteiger partial charge in [0.05, 0.1) is 6.04 Å². The van der Waals surface area contributed by atoms with E-state index < -0.39 is 18.1 Å². The molecule has 1 fully saturated rings. The van der Waals surface area contributed by atoms with Crippen molar-refractivity contribution in [3.05, 3.63) is 35.9 Å². The molecular formula is C16H22N2O3. The first-order chi connectivity index (χ1) is 10.1. The van der Waals surface area contributed by atoms with E-state index in [1.165, 1.54) is 0 Å². The lowest BCUT2D eigenvalue weighted by Crippen LogP contribution is -2.48. The Bertz CT molecular complexity index is 484. The molecule has 2 N–H and O–H groups in total. The van der Waals surface area contributed by atoms with Crippen molar-refractivity contribution in [3.63, 3.8) is 0 Å². The number of aliphatic carboxylic acids is 1. The molecule has 1 aliphatic heterocycles. The Balaban J connectivity index is 2.03. The van der Waals surface area contributed by atoms with Gasteiger partial charge in [0, 0.05) is 13.1 Å². The van der Waals surface area contributed by atoms with Crippen molar-refractivity contribution < 1.29 is 14.7 Å². The van der Waals surface area contributed by atoms with Gasteiger partial charge in [-0.3, -0.25) is 14.9 Å². The summed E-state index contributed by atoms with van der Waals surface area (Å²) >= 11 is 0. The lowest BCUT2D eigenvalue weighted by atomic mass is 10.1. The fourth-order valence-corrected chi connectivity index (χ4v) is 2.67. The van der Waals surface area contributed by atoms with Crippen molar-refractivity contribution in [1.82, 2.24) is 10.2 Å². The summed E-state index contributed by atoms with van der Waals surface area (Å²) in [5.41, 5.74) is 0.656. The third-order valence-electron chi connectivity index (χ3n) is 3.83. The van der Waals surface area contributed by atoms with Crippen LogP contribution in [0, 0.1) is 0 Å². The summed E-state index contributed by atoms with van der Waals surface area (Å²) in [4.78, 5) is 25.6. The highest BCUT2D eigenvalue weighted by molar-refractivity contribution is 5.83. The molecule has 2 rings (SSSR count). The molecule has 21 heavy (non-hydrogen) atoms. The molecule has 1 aromatic rings. The Morgan fingerprint density at radius 3 is 2.33 bits per heavy atom. The van der Waals surface area contributed by atoms with Gasteiger partial charge < -0.3 is 10.0 Å². The fourth-order valence-electron chi connectivity index (χ4n) is 2.67. The molecule has 1 aromatic carbocycles. The quantitative estimate of drug-likeness (QED) is 0.867. The summed E-state index contributed by atoms with van der Waals surface area (Å²) in [6.07, 6.45) is 3.21. The minimum atomic E-state index is -0.973. The van der Waals surface area contributed by atoms with Gasteiger partial charge in [0.1, 0.15) is 6.04 Å². The van der Waals surface area contributed by atoms with Gasteiger partial charge in [-0.05, 0) is 31.7 Å². The maximum Gasteiger partial charge on any atom is 0.325 e. The smallest absolute Gasteiger partial charge is 0.325 e. The summed E-state index contributed by atoms with van der Waals surface area (Å²) in [6, 6.07) is 7.56. The summed E-state index contributed by atoms with van der Waals surface area (Å²) in [6.45, 7) is 3.28. The molecule has 0 spiro atoms. The number of carbonyl (C=O) groups excluding carboxylic acids is 1. The standard InChI is InChI=1S/C16H22N2O3/c1-12(15(19)18-10-6-3-7-11-18)17-14(16(20)21)13-8-4-2-5-9-13/h2,4-5,8-9,12,14,17H,3,6-7,10-11H2,1H3,(H,20,21). The molecule has 1 amide bonds. The van der Waals surface area contributed by atoms with Crippen molar-refractivity contribution in [2.24, 2.45) is 0 Å². The fraction of sp³-hybridized carbons (Fsp3) is 0.500. The number of nitrogens with one attached hydrogen (secondary N) is 1. The first-order valence-corrected chi connectivity index (χ1v) is 7.42. The molecule has 5 nitrogen and oxygen atoms in total. The number of benzene rings is 1. The van der Waals surface area contributed by atoms with Crippen LogP contribution < -0.4 is 5.32 Å². The molecule has 0 radical (unpaired) electrons. The van der Waals surface area contributed by atoms with E-state index in [0.717, 1.165) is 32.4 Å². The molecule has 0 aromatic heterocycles. The summed E-state index contributed by atoms with van der Waals surface area (Å²) in [5, 5.41) is 12.3. The normalized spacial score (nSPS) is 18.0. The third kappa shape index (κ3) is 4.04. The number of likely N-dealkylation sites (tertiary alicyclic amines) is 1. The van der Waals surface area contributed by atoms with Crippen molar-refractivity contribution >= 4 is 11.9 Å². The van der Waals surface area contributed by atoms with Gasteiger partial charge in [-0.1, -0.05) is 30.3 Å². The highest BCUT2D eigenvalue weighted by Gasteiger charge is 2.27. The topological polar surface area (TPSA) is 69.6 Å². The van der Waals surface area contributed by atoms with Gasteiger partial charge >= 0.3 is 5.97 Å². The second-order valence-corrected chi connectivity index (χ2v) is 5.46. The molecule has 0 saturated carbocycles. The van der Waals surface area contributed by atoms with Crippen LogP contribution in [0.15, 0.2) is 30.3 Å². The number of amides is 1. The Labute approximate surface area is 125 Å². The predicted molar refractivity (Wildman–Crippen MR) is 79.8 cm³/mol. The molecule has 1 heterocycles. The minimum Gasteiger partial charge on any atom is -0.480 e. The average molecular weight is 290 g/mol. The Morgan fingerprint density at radius 1 is 1.14 bits per heavy atom. The van der Waals surface area contributed by atoms with E-state index >= 15 is 0 Å². The van der Waals surface area contributed by atoms with Gasteiger partial charge in [-0.25, -0.2) is 0 Å². The van der Waals surface area contributed by atoms with Crippen LogP contribution in [0.1, 0.15) is 37.8 Å². The van der Waals surface area contributed by atoms with Crippen LogP contribution in [0.2, 0.25) is 0 Å².